The molecule has 4 atom stereocenters. The smallest absolute Gasteiger partial charge is 0.0946 e. The first-order valence-corrected chi connectivity index (χ1v) is 5.48. The molecular formula is C12H16N2. The van der Waals surface area contributed by atoms with Gasteiger partial charge in [-0.2, -0.15) is 0 Å². The van der Waals surface area contributed by atoms with Gasteiger partial charge < -0.3 is 4.57 Å². The topological polar surface area (TPSA) is 17.8 Å². The minimum atomic E-state index is 0.831. The second kappa shape index (κ2) is 2.97. The predicted molar refractivity (Wildman–Crippen MR) is 55.6 cm³/mol. The van der Waals surface area contributed by atoms with Crippen molar-refractivity contribution >= 4 is 0 Å². The van der Waals surface area contributed by atoms with Gasteiger partial charge in [0.25, 0.3) is 0 Å². The molecule has 2 aliphatic carbocycles. The van der Waals surface area contributed by atoms with Crippen LogP contribution in [0, 0.1) is 23.7 Å². The molecule has 4 unspecified atom stereocenters. The zero-order valence-electron chi connectivity index (χ0n) is 8.50. The summed E-state index contributed by atoms with van der Waals surface area (Å²) in [6, 6.07) is 0. The first-order chi connectivity index (χ1) is 6.84. The molecule has 1 aromatic heterocycles. The molecule has 2 aliphatic rings. The van der Waals surface area contributed by atoms with Crippen molar-refractivity contribution in [3.05, 3.63) is 30.9 Å². The molecule has 0 aromatic carbocycles. The minimum Gasteiger partial charge on any atom is -0.337 e. The van der Waals surface area contributed by atoms with Crippen LogP contribution in [0.5, 0.6) is 0 Å². The highest BCUT2D eigenvalue weighted by Gasteiger charge is 2.41. The van der Waals surface area contributed by atoms with E-state index in [0.717, 1.165) is 30.2 Å². The molecule has 3 rings (SSSR count). The largest absolute Gasteiger partial charge is 0.337 e. The van der Waals surface area contributed by atoms with Gasteiger partial charge in [-0.15, -0.1) is 0 Å². The van der Waals surface area contributed by atoms with Crippen molar-refractivity contribution in [2.24, 2.45) is 23.7 Å². The van der Waals surface area contributed by atoms with Gasteiger partial charge in [0.1, 0.15) is 0 Å². The lowest BCUT2D eigenvalue weighted by molar-refractivity contribution is 0.294. The highest BCUT2D eigenvalue weighted by molar-refractivity contribution is 5.12. The van der Waals surface area contributed by atoms with Crippen molar-refractivity contribution < 1.29 is 0 Å². The zero-order chi connectivity index (χ0) is 9.54. The Morgan fingerprint density at radius 2 is 2.21 bits per heavy atom. The molecule has 2 nitrogen and oxygen atoms in total. The molecule has 0 amide bonds. The van der Waals surface area contributed by atoms with E-state index in [1.165, 1.54) is 6.42 Å². The fraction of sp³-hybridized carbons (Fsp3) is 0.583. The van der Waals surface area contributed by atoms with Gasteiger partial charge in [0.2, 0.25) is 0 Å². The number of hydrogen-bond acceptors (Lipinski definition) is 1. The summed E-state index contributed by atoms with van der Waals surface area (Å²) in [6.07, 6.45) is 12.1. The Morgan fingerprint density at radius 1 is 1.36 bits per heavy atom. The summed E-state index contributed by atoms with van der Waals surface area (Å²) >= 11 is 0. The summed E-state index contributed by atoms with van der Waals surface area (Å²) < 4.78 is 2.22. The Balaban J connectivity index is 1.77. The first kappa shape index (κ1) is 8.27. The molecule has 2 heteroatoms. The van der Waals surface area contributed by atoms with Gasteiger partial charge in [-0.25, -0.2) is 4.98 Å². The van der Waals surface area contributed by atoms with E-state index in [0.29, 0.717) is 0 Å². The van der Waals surface area contributed by atoms with Gasteiger partial charge in [-0.3, -0.25) is 0 Å². The number of aromatic nitrogens is 2. The van der Waals surface area contributed by atoms with Crippen LogP contribution in [0.3, 0.4) is 0 Å². The van der Waals surface area contributed by atoms with E-state index in [-0.39, 0.29) is 0 Å². The predicted octanol–water partition coefficient (Wildman–Crippen LogP) is 2.34. The standard InChI is InChI=1S/C12H16N2/c1-9-10-2-3-11(6-10)12(9)7-14-5-4-13-8-14/h2-5,8-12H,6-7H2,1H3. The fourth-order valence-corrected chi connectivity index (χ4v) is 3.11. The molecule has 0 aliphatic heterocycles. The summed E-state index contributed by atoms with van der Waals surface area (Å²) in [5, 5.41) is 0. The Bertz CT molecular complexity index is 339. The molecule has 1 aromatic rings. The van der Waals surface area contributed by atoms with Crippen LogP contribution in [0.15, 0.2) is 30.9 Å². The van der Waals surface area contributed by atoms with Crippen molar-refractivity contribution in [3.63, 3.8) is 0 Å². The van der Waals surface area contributed by atoms with Crippen LogP contribution in [0.2, 0.25) is 0 Å². The molecule has 74 valence electrons. The van der Waals surface area contributed by atoms with Gasteiger partial charge in [-0.1, -0.05) is 19.1 Å². The minimum absolute atomic E-state index is 0.831. The normalized spacial score (nSPS) is 39.5. The lowest BCUT2D eigenvalue weighted by Gasteiger charge is -2.24. The molecule has 14 heavy (non-hydrogen) atoms. The average Bonchev–Trinajstić information content (AvgIpc) is 2.87. The van der Waals surface area contributed by atoms with Crippen LogP contribution in [0.25, 0.3) is 0 Å². The van der Waals surface area contributed by atoms with E-state index in [9.17, 15) is 0 Å². The van der Waals surface area contributed by atoms with Gasteiger partial charge in [-0.05, 0) is 30.1 Å². The molecule has 0 N–H and O–H groups in total. The maximum atomic E-state index is 4.10. The van der Waals surface area contributed by atoms with Gasteiger partial charge >= 0.3 is 0 Å². The van der Waals surface area contributed by atoms with Crippen LogP contribution in [-0.2, 0) is 6.54 Å². The van der Waals surface area contributed by atoms with Gasteiger partial charge in [0.15, 0.2) is 0 Å². The second-order valence-corrected chi connectivity index (χ2v) is 4.73. The van der Waals surface area contributed by atoms with Crippen LogP contribution < -0.4 is 0 Å². The highest BCUT2D eigenvalue weighted by atomic mass is 15.0. The molecule has 0 saturated heterocycles. The number of rotatable bonds is 2. The number of imidazole rings is 1. The van der Waals surface area contributed by atoms with Crippen molar-refractivity contribution in [2.75, 3.05) is 0 Å². The maximum absolute atomic E-state index is 4.10. The van der Waals surface area contributed by atoms with Gasteiger partial charge in [0, 0.05) is 18.9 Å². The van der Waals surface area contributed by atoms with Crippen LogP contribution in [0.4, 0.5) is 0 Å². The van der Waals surface area contributed by atoms with Crippen molar-refractivity contribution in [1.82, 2.24) is 9.55 Å². The van der Waals surface area contributed by atoms with Crippen molar-refractivity contribution in [2.45, 2.75) is 19.9 Å². The number of hydrogen-bond donors (Lipinski definition) is 0. The zero-order valence-corrected chi connectivity index (χ0v) is 8.50. The molecule has 0 spiro atoms. The highest BCUT2D eigenvalue weighted by Crippen LogP contribution is 2.48. The quantitative estimate of drug-likeness (QED) is 0.651. The maximum Gasteiger partial charge on any atom is 0.0946 e. The van der Waals surface area contributed by atoms with E-state index in [1.54, 1.807) is 0 Å². The Morgan fingerprint density at radius 3 is 2.86 bits per heavy atom. The molecule has 1 saturated carbocycles. The molecule has 1 heterocycles. The fourth-order valence-electron chi connectivity index (χ4n) is 3.11. The Labute approximate surface area is 84.7 Å². The monoisotopic (exact) mass is 188 g/mol. The van der Waals surface area contributed by atoms with Crippen LogP contribution in [-0.4, -0.2) is 9.55 Å². The molecular weight excluding hydrogens is 172 g/mol. The Hall–Kier alpha value is -1.05. The van der Waals surface area contributed by atoms with Gasteiger partial charge in [0.05, 0.1) is 6.33 Å². The number of nitrogens with zero attached hydrogens (tertiary/aromatic N) is 2. The summed E-state index contributed by atoms with van der Waals surface area (Å²) in [4.78, 5) is 4.10. The van der Waals surface area contributed by atoms with E-state index in [2.05, 4.69) is 34.8 Å². The number of fused-ring (bicyclic) bond motifs is 2. The Kier molecular flexibility index (Phi) is 1.76. The average molecular weight is 188 g/mol. The van der Waals surface area contributed by atoms with Crippen LogP contribution in [0.1, 0.15) is 13.3 Å². The SMILES string of the molecule is CC1C2C=CC(C2)C1Cn1ccnc1. The summed E-state index contributed by atoms with van der Waals surface area (Å²) in [7, 11) is 0. The third kappa shape index (κ3) is 1.13. The summed E-state index contributed by atoms with van der Waals surface area (Å²) in [6.45, 7) is 3.54. The van der Waals surface area contributed by atoms with Crippen molar-refractivity contribution in [3.8, 4) is 0 Å². The van der Waals surface area contributed by atoms with Crippen LogP contribution >= 0.6 is 0 Å². The number of allylic oxidation sites excluding steroid dienone is 2. The van der Waals surface area contributed by atoms with E-state index < -0.39 is 0 Å². The third-order valence-electron chi connectivity index (χ3n) is 4.03. The third-order valence-corrected chi connectivity index (χ3v) is 4.03. The van der Waals surface area contributed by atoms with E-state index >= 15 is 0 Å². The summed E-state index contributed by atoms with van der Waals surface area (Å²) in [5.41, 5.74) is 0. The molecule has 1 fully saturated rings. The second-order valence-electron chi connectivity index (χ2n) is 4.73. The molecule has 2 bridgehead atoms. The van der Waals surface area contributed by atoms with E-state index in [4.69, 9.17) is 0 Å². The summed E-state index contributed by atoms with van der Waals surface area (Å²) in [5.74, 6) is 3.37. The van der Waals surface area contributed by atoms with Crippen molar-refractivity contribution in [1.29, 1.82) is 0 Å². The first-order valence-electron chi connectivity index (χ1n) is 5.48. The lowest BCUT2D eigenvalue weighted by Crippen LogP contribution is -2.21. The molecule has 0 radical (unpaired) electrons. The lowest BCUT2D eigenvalue weighted by atomic mass is 9.84. The van der Waals surface area contributed by atoms with E-state index in [1.807, 2.05) is 12.5 Å².